The van der Waals surface area contributed by atoms with Crippen molar-refractivity contribution >= 4 is 10.8 Å². The Kier molecular flexibility index (Phi) is 2.98. The predicted octanol–water partition coefficient (Wildman–Crippen LogP) is 2.46. The Morgan fingerprint density at radius 2 is 2.14 bits per heavy atom. The molecule has 110 valence electrons. The number of hydrogen-bond acceptors (Lipinski definition) is 3. The van der Waals surface area contributed by atoms with Gasteiger partial charge in [0.25, 0.3) is 5.56 Å². The number of nitrogens with one attached hydrogen (secondary N) is 1. The fraction of sp³-hybridized carbons (Fsp3) is 0.167. The molecule has 0 aliphatic carbocycles. The normalized spacial score (nSPS) is 16.5. The highest BCUT2D eigenvalue weighted by Crippen LogP contribution is 2.39. The average molecular weight is 292 g/mol. The van der Waals surface area contributed by atoms with E-state index in [-0.39, 0.29) is 11.7 Å². The van der Waals surface area contributed by atoms with Gasteiger partial charge < -0.3 is 15.5 Å². The number of aromatic amines is 1. The summed E-state index contributed by atoms with van der Waals surface area (Å²) in [6.45, 7) is 0.505. The van der Waals surface area contributed by atoms with Crippen molar-refractivity contribution in [1.82, 2.24) is 4.98 Å². The zero-order valence-electron chi connectivity index (χ0n) is 12.0. The molecular weight excluding hydrogens is 276 g/mol. The zero-order chi connectivity index (χ0) is 15.1. The summed E-state index contributed by atoms with van der Waals surface area (Å²) in [4.78, 5) is 14.7. The van der Waals surface area contributed by atoms with Crippen LogP contribution in [0.4, 0.5) is 0 Å². The average Bonchev–Trinajstić information content (AvgIpc) is 2.98. The monoisotopic (exact) mass is 292 g/mol. The molecule has 0 saturated heterocycles. The second-order valence-electron chi connectivity index (χ2n) is 5.58. The van der Waals surface area contributed by atoms with Gasteiger partial charge in [0.15, 0.2) is 0 Å². The third kappa shape index (κ3) is 2.00. The summed E-state index contributed by atoms with van der Waals surface area (Å²) in [5.41, 5.74) is 8.82. The molecule has 0 fully saturated rings. The number of ether oxygens (including phenoxy) is 1. The molecule has 3 aromatic rings. The molecule has 1 atom stereocenters. The van der Waals surface area contributed by atoms with Crippen LogP contribution in [-0.4, -0.2) is 17.6 Å². The number of nitrogens with two attached hydrogens (primary N) is 1. The van der Waals surface area contributed by atoms with Crippen LogP contribution in [0.15, 0.2) is 53.5 Å². The van der Waals surface area contributed by atoms with Crippen molar-refractivity contribution in [1.29, 1.82) is 0 Å². The zero-order valence-corrected chi connectivity index (χ0v) is 12.0. The molecule has 0 spiro atoms. The lowest BCUT2D eigenvalue weighted by atomic mass is 9.98. The van der Waals surface area contributed by atoms with E-state index in [0.29, 0.717) is 11.9 Å². The highest BCUT2D eigenvalue weighted by atomic mass is 16.5. The molecular formula is C18H16N2O2. The van der Waals surface area contributed by atoms with E-state index in [2.05, 4.69) is 11.1 Å². The van der Waals surface area contributed by atoms with E-state index < -0.39 is 0 Å². The Morgan fingerprint density at radius 1 is 1.23 bits per heavy atom. The Morgan fingerprint density at radius 3 is 3.00 bits per heavy atom. The van der Waals surface area contributed by atoms with Crippen LogP contribution >= 0.6 is 0 Å². The Bertz CT molecular complexity index is 914. The van der Waals surface area contributed by atoms with E-state index >= 15 is 0 Å². The lowest BCUT2D eigenvalue weighted by Crippen LogP contribution is -2.24. The van der Waals surface area contributed by atoms with Gasteiger partial charge in [-0.05, 0) is 28.6 Å². The van der Waals surface area contributed by atoms with Gasteiger partial charge in [0.1, 0.15) is 11.9 Å². The van der Waals surface area contributed by atoms with Crippen molar-refractivity contribution in [3.05, 3.63) is 64.6 Å². The lowest BCUT2D eigenvalue weighted by Gasteiger charge is -2.11. The summed E-state index contributed by atoms with van der Waals surface area (Å²) < 4.78 is 5.97. The number of hydrogen-bond donors (Lipinski definition) is 2. The molecule has 3 N–H and O–H groups in total. The molecule has 4 nitrogen and oxygen atoms in total. The molecule has 4 rings (SSSR count). The predicted molar refractivity (Wildman–Crippen MR) is 87.2 cm³/mol. The van der Waals surface area contributed by atoms with Gasteiger partial charge in [0.05, 0.1) is 0 Å². The van der Waals surface area contributed by atoms with E-state index in [1.54, 1.807) is 6.20 Å². The van der Waals surface area contributed by atoms with Crippen LogP contribution in [0.1, 0.15) is 5.56 Å². The quantitative estimate of drug-likeness (QED) is 0.762. The van der Waals surface area contributed by atoms with Gasteiger partial charge >= 0.3 is 0 Å². The van der Waals surface area contributed by atoms with Gasteiger partial charge in [-0.2, -0.15) is 0 Å². The second kappa shape index (κ2) is 5.00. The fourth-order valence-electron chi connectivity index (χ4n) is 3.05. The van der Waals surface area contributed by atoms with Gasteiger partial charge in [-0.25, -0.2) is 0 Å². The van der Waals surface area contributed by atoms with E-state index in [0.717, 1.165) is 28.7 Å². The van der Waals surface area contributed by atoms with Gasteiger partial charge in [-0.1, -0.05) is 30.3 Å². The van der Waals surface area contributed by atoms with E-state index in [9.17, 15) is 4.79 Å². The van der Waals surface area contributed by atoms with Crippen molar-refractivity contribution in [2.45, 2.75) is 12.5 Å². The van der Waals surface area contributed by atoms with Gasteiger partial charge in [0, 0.05) is 30.1 Å². The first-order valence-electron chi connectivity index (χ1n) is 7.36. The summed E-state index contributed by atoms with van der Waals surface area (Å²) in [6.07, 6.45) is 2.55. The standard InChI is InChI=1S/C18H16N2O2/c19-10-14-8-13-2-1-3-15(17(13)22-14)12-5-4-11-6-7-20-18(21)16(11)9-12/h1-7,9,14H,8,10,19H2,(H,20,21). The largest absolute Gasteiger partial charge is 0.488 e. The Labute approximate surface area is 127 Å². The third-order valence-corrected chi connectivity index (χ3v) is 4.18. The summed E-state index contributed by atoms with van der Waals surface area (Å²) in [6, 6.07) is 13.9. The Hall–Kier alpha value is -2.59. The smallest absolute Gasteiger partial charge is 0.255 e. The van der Waals surface area contributed by atoms with E-state index in [1.165, 1.54) is 5.56 Å². The molecule has 1 unspecified atom stereocenters. The molecule has 1 aliphatic heterocycles. The van der Waals surface area contributed by atoms with Gasteiger partial charge in [-0.15, -0.1) is 0 Å². The van der Waals surface area contributed by atoms with Crippen LogP contribution in [-0.2, 0) is 6.42 Å². The molecule has 0 radical (unpaired) electrons. The summed E-state index contributed by atoms with van der Waals surface area (Å²) in [5, 5.41) is 1.62. The molecule has 0 bridgehead atoms. The fourth-order valence-corrected chi connectivity index (χ4v) is 3.05. The van der Waals surface area contributed by atoms with Gasteiger partial charge in [-0.3, -0.25) is 4.79 Å². The van der Waals surface area contributed by atoms with Crippen LogP contribution in [0.5, 0.6) is 5.75 Å². The maximum atomic E-state index is 12.0. The maximum absolute atomic E-state index is 12.0. The van der Waals surface area contributed by atoms with Crippen LogP contribution in [0, 0.1) is 0 Å². The van der Waals surface area contributed by atoms with Gasteiger partial charge in [0.2, 0.25) is 0 Å². The molecule has 0 amide bonds. The minimum Gasteiger partial charge on any atom is -0.488 e. The van der Waals surface area contributed by atoms with Crippen LogP contribution in [0.2, 0.25) is 0 Å². The van der Waals surface area contributed by atoms with Crippen LogP contribution in [0.25, 0.3) is 21.9 Å². The summed E-state index contributed by atoms with van der Waals surface area (Å²) in [7, 11) is 0. The van der Waals surface area contributed by atoms with E-state index in [1.807, 2.05) is 36.4 Å². The number of fused-ring (bicyclic) bond motifs is 2. The minimum atomic E-state index is -0.0762. The van der Waals surface area contributed by atoms with Crippen molar-refractivity contribution in [2.24, 2.45) is 5.73 Å². The number of para-hydroxylation sites is 1. The highest BCUT2D eigenvalue weighted by molar-refractivity contribution is 5.87. The molecule has 22 heavy (non-hydrogen) atoms. The lowest BCUT2D eigenvalue weighted by molar-refractivity contribution is 0.242. The van der Waals surface area contributed by atoms with E-state index in [4.69, 9.17) is 10.5 Å². The van der Waals surface area contributed by atoms with Crippen LogP contribution in [0.3, 0.4) is 0 Å². The minimum absolute atomic E-state index is 0.0417. The highest BCUT2D eigenvalue weighted by Gasteiger charge is 2.24. The van der Waals surface area contributed by atoms with Crippen molar-refractivity contribution in [3.63, 3.8) is 0 Å². The first-order valence-corrected chi connectivity index (χ1v) is 7.36. The number of aromatic nitrogens is 1. The Balaban J connectivity index is 1.89. The molecule has 1 aromatic heterocycles. The number of H-pyrrole nitrogens is 1. The molecule has 2 aromatic carbocycles. The number of benzene rings is 2. The first kappa shape index (κ1) is 13.1. The third-order valence-electron chi connectivity index (χ3n) is 4.18. The topological polar surface area (TPSA) is 68.1 Å². The molecule has 0 saturated carbocycles. The molecule has 2 heterocycles. The van der Waals surface area contributed by atoms with Crippen molar-refractivity contribution < 1.29 is 4.74 Å². The molecule has 1 aliphatic rings. The van der Waals surface area contributed by atoms with Crippen molar-refractivity contribution in [3.8, 4) is 16.9 Å². The summed E-state index contributed by atoms with van der Waals surface area (Å²) in [5.74, 6) is 0.893. The SMILES string of the molecule is NCC1Cc2cccc(-c3ccc4cc[nH]c(=O)c4c3)c2O1. The molecule has 4 heteroatoms. The first-order chi connectivity index (χ1) is 10.8. The summed E-state index contributed by atoms with van der Waals surface area (Å²) >= 11 is 0. The second-order valence-corrected chi connectivity index (χ2v) is 5.58. The number of pyridine rings is 1. The number of rotatable bonds is 2. The van der Waals surface area contributed by atoms with Crippen molar-refractivity contribution in [2.75, 3.05) is 6.54 Å². The maximum Gasteiger partial charge on any atom is 0.255 e. The van der Waals surface area contributed by atoms with Crippen LogP contribution < -0.4 is 16.0 Å².